The van der Waals surface area contributed by atoms with Gasteiger partial charge >= 0.3 is 0 Å². The van der Waals surface area contributed by atoms with E-state index in [0.717, 1.165) is 11.3 Å². The summed E-state index contributed by atoms with van der Waals surface area (Å²) in [5.41, 5.74) is 1.03. The van der Waals surface area contributed by atoms with Crippen LogP contribution in [0.4, 0.5) is 0 Å². The fourth-order valence-electron chi connectivity index (χ4n) is 2.25. The van der Waals surface area contributed by atoms with Gasteiger partial charge in [0.05, 0.1) is 19.8 Å². The normalized spacial score (nSPS) is 14.3. The summed E-state index contributed by atoms with van der Waals surface area (Å²) in [7, 11) is -0.459. The van der Waals surface area contributed by atoms with Crippen molar-refractivity contribution in [3.63, 3.8) is 0 Å². The van der Waals surface area contributed by atoms with Gasteiger partial charge in [-0.05, 0) is 41.9 Å². The smallest absolute Gasteiger partial charge is 0.193 e. The number of ether oxygens (including phenoxy) is 2. The summed E-state index contributed by atoms with van der Waals surface area (Å²) in [6, 6.07) is 7.70. The minimum Gasteiger partial charge on any atom is -0.497 e. The fourth-order valence-corrected chi connectivity index (χ4v) is 3.53. The molecular formula is C22H34O4Si. The van der Waals surface area contributed by atoms with E-state index in [1.54, 1.807) is 13.2 Å². The van der Waals surface area contributed by atoms with E-state index in [9.17, 15) is 4.79 Å². The third-order valence-electron chi connectivity index (χ3n) is 5.09. The van der Waals surface area contributed by atoms with Gasteiger partial charge in [-0.1, -0.05) is 45.6 Å². The molecule has 0 aromatic heterocycles. The third-order valence-corrected chi connectivity index (χ3v) is 9.58. The first kappa shape index (κ1) is 23.3. The third kappa shape index (κ3) is 7.09. The molecule has 0 heterocycles. The molecule has 1 aromatic rings. The number of carbonyl (C=O) groups excluding carboxylic acids is 1. The number of carbonyl (C=O) groups is 1. The van der Waals surface area contributed by atoms with Crippen LogP contribution in [0.3, 0.4) is 0 Å². The van der Waals surface area contributed by atoms with Crippen molar-refractivity contribution in [2.45, 2.75) is 64.1 Å². The lowest BCUT2D eigenvalue weighted by molar-refractivity contribution is -0.123. The first-order valence-corrected chi connectivity index (χ1v) is 12.2. The molecule has 0 aliphatic heterocycles. The minimum atomic E-state index is -2.10. The number of hydrogen-bond donors (Lipinski definition) is 0. The maximum absolute atomic E-state index is 12.4. The number of rotatable bonds is 11. The molecule has 27 heavy (non-hydrogen) atoms. The maximum Gasteiger partial charge on any atom is 0.193 e. The molecule has 5 heteroatoms. The Balaban J connectivity index is 2.79. The molecule has 0 spiro atoms. The van der Waals surface area contributed by atoms with Crippen LogP contribution in [0, 0.1) is 0 Å². The molecule has 0 saturated carbocycles. The standard InChI is InChI=1S/C22H34O4Si/c1-9-18(25-16-17-11-13-19(24-6)14-12-17)15-21(20(23)10-2)26-27(7,8)22(3,4)5/h9-14,18,21H,1-2,15-16H2,3-8H3/t18-,21+/m1/s1. The van der Waals surface area contributed by atoms with Crippen molar-refractivity contribution in [1.29, 1.82) is 0 Å². The Morgan fingerprint density at radius 2 is 1.78 bits per heavy atom. The predicted molar refractivity (Wildman–Crippen MR) is 114 cm³/mol. The van der Waals surface area contributed by atoms with E-state index in [-0.39, 0.29) is 16.9 Å². The van der Waals surface area contributed by atoms with Gasteiger partial charge in [0.15, 0.2) is 14.1 Å². The summed E-state index contributed by atoms with van der Waals surface area (Å²) in [4.78, 5) is 12.4. The summed E-state index contributed by atoms with van der Waals surface area (Å²) in [5, 5.41) is 0.0142. The summed E-state index contributed by atoms with van der Waals surface area (Å²) in [5.74, 6) is 0.693. The van der Waals surface area contributed by atoms with Gasteiger partial charge in [0, 0.05) is 6.42 Å². The molecule has 0 bridgehead atoms. The van der Waals surface area contributed by atoms with Crippen LogP contribution in [0.15, 0.2) is 49.6 Å². The van der Waals surface area contributed by atoms with Crippen molar-refractivity contribution < 1.29 is 18.7 Å². The van der Waals surface area contributed by atoms with Crippen molar-refractivity contribution in [3.8, 4) is 5.75 Å². The van der Waals surface area contributed by atoms with Gasteiger partial charge in [0.25, 0.3) is 0 Å². The molecule has 0 amide bonds. The molecular weight excluding hydrogens is 356 g/mol. The van der Waals surface area contributed by atoms with Crippen molar-refractivity contribution in [2.24, 2.45) is 0 Å². The van der Waals surface area contributed by atoms with Gasteiger partial charge in [0.1, 0.15) is 11.9 Å². The summed E-state index contributed by atoms with van der Waals surface area (Å²) < 4.78 is 17.5. The van der Waals surface area contributed by atoms with Crippen LogP contribution in [0.2, 0.25) is 18.1 Å². The van der Waals surface area contributed by atoms with Crippen molar-refractivity contribution >= 4 is 14.1 Å². The second kappa shape index (κ2) is 10.0. The lowest BCUT2D eigenvalue weighted by Gasteiger charge is -2.39. The highest BCUT2D eigenvalue weighted by molar-refractivity contribution is 6.74. The summed E-state index contributed by atoms with van der Waals surface area (Å²) >= 11 is 0. The van der Waals surface area contributed by atoms with Gasteiger partial charge in [-0.3, -0.25) is 4.79 Å². The van der Waals surface area contributed by atoms with E-state index in [2.05, 4.69) is 47.0 Å². The van der Waals surface area contributed by atoms with Gasteiger partial charge in [0.2, 0.25) is 0 Å². The molecule has 0 radical (unpaired) electrons. The molecule has 0 aliphatic carbocycles. The quantitative estimate of drug-likeness (QED) is 0.292. The molecule has 0 saturated heterocycles. The zero-order chi connectivity index (χ0) is 20.7. The van der Waals surface area contributed by atoms with Crippen LogP contribution >= 0.6 is 0 Å². The molecule has 1 aromatic carbocycles. The highest BCUT2D eigenvalue weighted by Gasteiger charge is 2.40. The number of ketones is 1. The molecule has 0 unspecified atom stereocenters. The predicted octanol–water partition coefficient (Wildman–Crippen LogP) is 5.30. The number of benzene rings is 1. The number of methoxy groups -OCH3 is 1. The molecule has 4 nitrogen and oxygen atoms in total. The van der Waals surface area contributed by atoms with Gasteiger partial charge in [-0.25, -0.2) is 0 Å². The van der Waals surface area contributed by atoms with Crippen LogP contribution in [0.25, 0.3) is 0 Å². The Morgan fingerprint density at radius 1 is 1.19 bits per heavy atom. The first-order valence-electron chi connectivity index (χ1n) is 9.25. The number of hydrogen-bond acceptors (Lipinski definition) is 4. The zero-order valence-corrected chi connectivity index (χ0v) is 18.6. The minimum absolute atomic E-state index is 0.0142. The van der Waals surface area contributed by atoms with Gasteiger partial charge in [-0.2, -0.15) is 0 Å². The molecule has 1 rings (SSSR count). The van der Waals surface area contributed by atoms with Crippen LogP contribution in [-0.2, 0) is 20.6 Å². The second-order valence-corrected chi connectivity index (χ2v) is 12.9. The molecule has 150 valence electrons. The van der Waals surface area contributed by atoms with Crippen molar-refractivity contribution in [2.75, 3.05) is 7.11 Å². The largest absolute Gasteiger partial charge is 0.497 e. The lowest BCUT2D eigenvalue weighted by Crippen LogP contribution is -2.46. The SMILES string of the molecule is C=CC(=O)[C@H](C[C@@H](C=C)OCc1ccc(OC)cc1)O[Si](C)(C)C(C)(C)C. The van der Waals surface area contributed by atoms with Gasteiger partial charge < -0.3 is 13.9 Å². The van der Waals surface area contributed by atoms with E-state index in [1.807, 2.05) is 24.3 Å². The summed E-state index contributed by atoms with van der Waals surface area (Å²) in [6.07, 6.45) is 2.63. The monoisotopic (exact) mass is 390 g/mol. The maximum atomic E-state index is 12.4. The Morgan fingerprint density at radius 3 is 2.22 bits per heavy atom. The molecule has 2 atom stereocenters. The topological polar surface area (TPSA) is 44.8 Å². The van der Waals surface area contributed by atoms with E-state index in [1.165, 1.54) is 6.08 Å². The van der Waals surface area contributed by atoms with Crippen molar-refractivity contribution in [1.82, 2.24) is 0 Å². The van der Waals surface area contributed by atoms with E-state index < -0.39 is 14.4 Å². The van der Waals surface area contributed by atoms with E-state index in [4.69, 9.17) is 13.9 Å². The molecule has 0 N–H and O–H groups in total. The van der Waals surface area contributed by atoms with Crippen LogP contribution in [0.5, 0.6) is 5.75 Å². The molecule has 0 fully saturated rings. The second-order valence-electron chi connectivity index (χ2n) is 8.14. The lowest BCUT2D eigenvalue weighted by atomic mass is 10.1. The summed E-state index contributed by atoms with van der Waals surface area (Å²) in [6.45, 7) is 18.6. The zero-order valence-electron chi connectivity index (χ0n) is 17.6. The molecule has 0 aliphatic rings. The van der Waals surface area contributed by atoms with Crippen molar-refractivity contribution in [3.05, 3.63) is 55.1 Å². The Hall–Kier alpha value is -1.69. The Labute approximate surface area is 165 Å². The van der Waals surface area contributed by atoms with Crippen LogP contribution in [-0.4, -0.2) is 33.4 Å². The Kier molecular flexibility index (Phi) is 8.66. The average Bonchev–Trinajstić information content (AvgIpc) is 2.62. The van der Waals surface area contributed by atoms with Crippen LogP contribution in [0.1, 0.15) is 32.8 Å². The fraction of sp³-hybridized carbons (Fsp3) is 0.500. The van der Waals surface area contributed by atoms with Gasteiger partial charge in [-0.15, -0.1) is 6.58 Å². The highest BCUT2D eigenvalue weighted by Crippen LogP contribution is 2.38. The van der Waals surface area contributed by atoms with E-state index >= 15 is 0 Å². The first-order chi connectivity index (χ1) is 12.5. The Bertz CT molecular complexity index is 629. The average molecular weight is 391 g/mol. The highest BCUT2D eigenvalue weighted by atomic mass is 28.4. The van der Waals surface area contributed by atoms with E-state index in [0.29, 0.717) is 13.0 Å². The van der Waals surface area contributed by atoms with Crippen LogP contribution < -0.4 is 4.74 Å².